The number of rotatable bonds is 3. The van der Waals surface area contributed by atoms with Gasteiger partial charge in [-0.2, -0.15) is 0 Å². The molecule has 2 aromatic rings. The lowest BCUT2D eigenvalue weighted by Crippen LogP contribution is -2.33. The zero-order chi connectivity index (χ0) is 14.7. The molecule has 1 aliphatic rings. The molecule has 3 heterocycles. The van der Waals surface area contributed by atoms with Crippen molar-refractivity contribution in [3.05, 3.63) is 51.5 Å². The Balaban J connectivity index is 1.97. The van der Waals surface area contributed by atoms with E-state index in [2.05, 4.69) is 53.7 Å². The molecule has 0 bridgehead atoms. The summed E-state index contributed by atoms with van der Waals surface area (Å²) >= 11 is 1.86. The van der Waals surface area contributed by atoms with Crippen LogP contribution in [-0.2, 0) is 0 Å². The number of nitrogens with one attached hydrogen (secondary N) is 1. The SMILES string of the molecule is Cc1csc(C(c2cccc(C)n2)N2CCCNCC2)c1. The van der Waals surface area contributed by atoms with Gasteiger partial charge in [-0.3, -0.25) is 9.88 Å². The third kappa shape index (κ3) is 3.51. The van der Waals surface area contributed by atoms with Crippen LogP contribution in [0.25, 0.3) is 0 Å². The van der Waals surface area contributed by atoms with E-state index < -0.39 is 0 Å². The summed E-state index contributed by atoms with van der Waals surface area (Å²) in [5, 5.41) is 5.74. The van der Waals surface area contributed by atoms with Gasteiger partial charge < -0.3 is 5.32 Å². The van der Waals surface area contributed by atoms with Gasteiger partial charge in [0.1, 0.15) is 0 Å². The van der Waals surface area contributed by atoms with Crippen molar-refractivity contribution in [2.45, 2.75) is 26.3 Å². The van der Waals surface area contributed by atoms with Crippen molar-refractivity contribution < 1.29 is 0 Å². The van der Waals surface area contributed by atoms with Gasteiger partial charge in [-0.1, -0.05) is 6.07 Å². The molecule has 21 heavy (non-hydrogen) atoms. The fourth-order valence-electron chi connectivity index (χ4n) is 2.95. The average Bonchev–Trinajstić information content (AvgIpc) is 2.73. The Morgan fingerprint density at radius 1 is 1.24 bits per heavy atom. The van der Waals surface area contributed by atoms with Gasteiger partial charge in [0.05, 0.1) is 11.7 Å². The lowest BCUT2D eigenvalue weighted by molar-refractivity contribution is 0.240. The second-order valence-corrected chi connectivity index (χ2v) is 6.72. The van der Waals surface area contributed by atoms with Crippen LogP contribution >= 0.6 is 11.3 Å². The highest BCUT2D eigenvalue weighted by Gasteiger charge is 2.25. The largest absolute Gasteiger partial charge is 0.315 e. The van der Waals surface area contributed by atoms with Crippen LogP contribution in [0.5, 0.6) is 0 Å². The molecule has 1 saturated heterocycles. The molecule has 0 spiro atoms. The Morgan fingerprint density at radius 3 is 2.90 bits per heavy atom. The normalized spacial score (nSPS) is 18.4. The van der Waals surface area contributed by atoms with Crippen LogP contribution in [0.15, 0.2) is 29.6 Å². The van der Waals surface area contributed by atoms with Gasteiger partial charge in [0.25, 0.3) is 0 Å². The number of nitrogens with zero attached hydrogens (tertiary/aromatic N) is 2. The summed E-state index contributed by atoms with van der Waals surface area (Å²) in [6.07, 6.45) is 1.20. The zero-order valence-corrected chi connectivity index (χ0v) is 13.6. The molecule has 0 radical (unpaired) electrons. The monoisotopic (exact) mass is 301 g/mol. The first-order chi connectivity index (χ1) is 10.2. The van der Waals surface area contributed by atoms with Gasteiger partial charge in [0.15, 0.2) is 0 Å². The molecule has 1 unspecified atom stereocenters. The first-order valence-electron chi connectivity index (χ1n) is 7.67. The standard InChI is InChI=1S/C17H23N3S/c1-13-11-16(21-12-13)17(15-6-3-5-14(2)19-15)20-9-4-7-18-8-10-20/h3,5-6,11-12,17-18H,4,7-10H2,1-2H3. The van der Waals surface area contributed by atoms with Crippen molar-refractivity contribution in [3.63, 3.8) is 0 Å². The van der Waals surface area contributed by atoms with Crippen LogP contribution in [0, 0.1) is 13.8 Å². The van der Waals surface area contributed by atoms with Crippen molar-refractivity contribution in [3.8, 4) is 0 Å². The fourth-order valence-corrected chi connectivity index (χ4v) is 3.99. The third-order valence-electron chi connectivity index (χ3n) is 3.95. The molecule has 3 nitrogen and oxygen atoms in total. The topological polar surface area (TPSA) is 28.2 Å². The van der Waals surface area contributed by atoms with Crippen LogP contribution in [-0.4, -0.2) is 36.1 Å². The van der Waals surface area contributed by atoms with E-state index in [1.165, 1.54) is 22.6 Å². The van der Waals surface area contributed by atoms with Crippen LogP contribution in [0.3, 0.4) is 0 Å². The first-order valence-corrected chi connectivity index (χ1v) is 8.55. The maximum Gasteiger partial charge on any atom is 0.0870 e. The second kappa shape index (κ2) is 6.69. The Morgan fingerprint density at radius 2 is 2.14 bits per heavy atom. The van der Waals surface area contributed by atoms with E-state index in [-0.39, 0.29) is 0 Å². The van der Waals surface area contributed by atoms with Crippen LogP contribution in [0.1, 0.15) is 34.3 Å². The molecule has 0 aromatic carbocycles. The summed E-state index contributed by atoms with van der Waals surface area (Å²) in [6, 6.07) is 8.98. The highest BCUT2D eigenvalue weighted by Crippen LogP contribution is 2.32. The minimum absolute atomic E-state index is 0.295. The molecule has 4 heteroatoms. The molecule has 0 saturated carbocycles. The van der Waals surface area contributed by atoms with Crippen molar-refractivity contribution in [2.75, 3.05) is 26.2 Å². The Kier molecular flexibility index (Phi) is 4.68. The van der Waals surface area contributed by atoms with Crippen molar-refractivity contribution in [1.82, 2.24) is 15.2 Å². The zero-order valence-electron chi connectivity index (χ0n) is 12.8. The van der Waals surface area contributed by atoms with Crippen molar-refractivity contribution >= 4 is 11.3 Å². The highest BCUT2D eigenvalue weighted by molar-refractivity contribution is 7.10. The smallest absolute Gasteiger partial charge is 0.0870 e. The molecule has 1 atom stereocenters. The quantitative estimate of drug-likeness (QED) is 0.944. The predicted molar refractivity (Wildman–Crippen MR) is 88.9 cm³/mol. The number of pyridine rings is 1. The third-order valence-corrected chi connectivity index (χ3v) is 5.05. The van der Waals surface area contributed by atoms with E-state index in [0.717, 1.165) is 31.9 Å². The minimum Gasteiger partial charge on any atom is -0.315 e. The molecular formula is C17H23N3S. The van der Waals surface area contributed by atoms with Crippen LogP contribution in [0.2, 0.25) is 0 Å². The molecule has 112 valence electrons. The van der Waals surface area contributed by atoms with Gasteiger partial charge in [-0.05, 0) is 56.0 Å². The molecule has 1 aliphatic heterocycles. The molecule has 0 amide bonds. The van der Waals surface area contributed by atoms with Gasteiger partial charge in [0, 0.05) is 30.2 Å². The van der Waals surface area contributed by atoms with E-state index >= 15 is 0 Å². The van der Waals surface area contributed by atoms with Gasteiger partial charge in [0.2, 0.25) is 0 Å². The van der Waals surface area contributed by atoms with E-state index in [1.807, 2.05) is 11.3 Å². The fraction of sp³-hybridized carbons (Fsp3) is 0.471. The summed E-state index contributed by atoms with van der Waals surface area (Å²) in [5.74, 6) is 0. The number of aromatic nitrogens is 1. The van der Waals surface area contributed by atoms with E-state index in [4.69, 9.17) is 4.98 Å². The second-order valence-electron chi connectivity index (χ2n) is 5.77. The van der Waals surface area contributed by atoms with E-state index in [9.17, 15) is 0 Å². The predicted octanol–water partition coefficient (Wildman–Crippen LogP) is 3.14. The lowest BCUT2D eigenvalue weighted by Gasteiger charge is -2.29. The number of hydrogen-bond donors (Lipinski definition) is 1. The number of hydrogen-bond acceptors (Lipinski definition) is 4. The summed E-state index contributed by atoms with van der Waals surface area (Å²) in [7, 11) is 0. The van der Waals surface area contributed by atoms with Gasteiger partial charge in [-0.25, -0.2) is 0 Å². The van der Waals surface area contributed by atoms with Crippen LogP contribution < -0.4 is 5.32 Å². The highest BCUT2D eigenvalue weighted by atomic mass is 32.1. The summed E-state index contributed by atoms with van der Waals surface area (Å²) in [6.45, 7) is 8.64. The minimum atomic E-state index is 0.295. The Bertz CT molecular complexity index is 585. The molecule has 1 N–H and O–H groups in total. The molecule has 1 fully saturated rings. The summed E-state index contributed by atoms with van der Waals surface area (Å²) < 4.78 is 0. The van der Waals surface area contributed by atoms with Crippen molar-refractivity contribution in [1.29, 1.82) is 0 Å². The average molecular weight is 301 g/mol. The van der Waals surface area contributed by atoms with E-state index in [0.29, 0.717) is 6.04 Å². The van der Waals surface area contributed by atoms with Crippen LogP contribution in [0.4, 0.5) is 0 Å². The summed E-state index contributed by atoms with van der Waals surface area (Å²) in [5.41, 5.74) is 3.62. The molecule has 2 aromatic heterocycles. The maximum atomic E-state index is 4.81. The van der Waals surface area contributed by atoms with Gasteiger partial charge in [-0.15, -0.1) is 11.3 Å². The molecule has 3 rings (SSSR count). The Hall–Kier alpha value is -1.23. The molecular weight excluding hydrogens is 278 g/mol. The van der Waals surface area contributed by atoms with E-state index in [1.54, 1.807) is 0 Å². The van der Waals surface area contributed by atoms with Crippen molar-refractivity contribution in [2.24, 2.45) is 0 Å². The number of aryl methyl sites for hydroxylation is 2. The summed E-state index contributed by atoms with van der Waals surface area (Å²) in [4.78, 5) is 8.80. The lowest BCUT2D eigenvalue weighted by atomic mass is 10.1. The first kappa shape index (κ1) is 14.7. The van der Waals surface area contributed by atoms with Gasteiger partial charge >= 0.3 is 0 Å². The maximum absolute atomic E-state index is 4.81. The number of thiophene rings is 1. The molecule has 0 aliphatic carbocycles. The Labute approximate surface area is 131 Å².